The van der Waals surface area contributed by atoms with Crippen molar-refractivity contribution in [1.82, 2.24) is 10.2 Å². The highest BCUT2D eigenvalue weighted by Gasteiger charge is 2.37. The number of aliphatic imine (C=N–C) groups is 1. The van der Waals surface area contributed by atoms with Gasteiger partial charge in [-0.1, -0.05) is 30.3 Å². The van der Waals surface area contributed by atoms with Crippen molar-refractivity contribution in [2.24, 2.45) is 4.99 Å². The zero-order valence-electron chi connectivity index (χ0n) is 8.85. The third-order valence-electron chi connectivity index (χ3n) is 3.18. The molecule has 0 radical (unpaired) electrons. The molecule has 2 heterocycles. The molecule has 2 atom stereocenters. The summed E-state index contributed by atoms with van der Waals surface area (Å²) in [6, 6.07) is 11.6. The maximum atomic E-state index is 4.46. The number of nitrogens with zero attached hydrogens (tertiary/aromatic N) is 2. The summed E-state index contributed by atoms with van der Waals surface area (Å²) >= 11 is 0. The van der Waals surface area contributed by atoms with Gasteiger partial charge in [-0.25, -0.2) is 0 Å². The fraction of sp³-hybridized carbons (Fsp3) is 0.417. The Kier molecular flexibility index (Phi) is 1.91. The molecule has 0 bridgehead atoms. The van der Waals surface area contributed by atoms with Gasteiger partial charge in [-0.05, 0) is 12.5 Å². The van der Waals surface area contributed by atoms with Gasteiger partial charge in [0.25, 0.3) is 0 Å². The Bertz CT molecular complexity index is 385. The minimum absolute atomic E-state index is 0.450. The average Bonchev–Trinajstić information content (AvgIpc) is 2.78. The van der Waals surface area contributed by atoms with Gasteiger partial charge in [-0.2, -0.15) is 0 Å². The Balaban J connectivity index is 1.96. The van der Waals surface area contributed by atoms with E-state index in [2.05, 4.69) is 52.5 Å². The number of guanidine groups is 1. The van der Waals surface area contributed by atoms with Crippen LogP contribution in [0.1, 0.15) is 18.5 Å². The van der Waals surface area contributed by atoms with Gasteiger partial charge in [0.1, 0.15) is 0 Å². The monoisotopic (exact) mass is 201 g/mol. The Morgan fingerprint density at radius 1 is 1.33 bits per heavy atom. The number of rotatable bonds is 1. The van der Waals surface area contributed by atoms with E-state index in [0.717, 1.165) is 19.0 Å². The molecule has 0 aromatic heterocycles. The van der Waals surface area contributed by atoms with Crippen LogP contribution in [-0.4, -0.2) is 30.0 Å². The van der Waals surface area contributed by atoms with Gasteiger partial charge in [-0.3, -0.25) is 4.99 Å². The fourth-order valence-corrected chi connectivity index (χ4v) is 2.53. The van der Waals surface area contributed by atoms with Gasteiger partial charge in [0, 0.05) is 6.54 Å². The van der Waals surface area contributed by atoms with Crippen molar-refractivity contribution >= 4 is 5.96 Å². The van der Waals surface area contributed by atoms with Gasteiger partial charge in [0.15, 0.2) is 5.96 Å². The molecule has 2 aliphatic rings. The SMILES string of the molecule is CC1NC2=NCCN2C1c1ccccc1. The first-order chi connectivity index (χ1) is 7.36. The molecule has 0 amide bonds. The summed E-state index contributed by atoms with van der Waals surface area (Å²) < 4.78 is 0. The van der Waals surface area contributed by atoms with Crippen LogP contribution >= 0.6 is 0 Å². The Hall–Kier alpha value is -1.51. The second kappa shape index (κ2) is 3.26. The minimum atomic E-state index is 0.450. The fourth-order valence-electron chi connectivity index (χ4n) is 2.53. The first-order valence-electron chi connectivity index (χ1n) is 5.49. The number of hydrogen-bond acceptors (Lipinski definition) is 3. The lowest BCUT2D eigenvalue weighted by Gasteiger charge is -2.23. The molecule has 0 saturated carbocycles. The summed E-state index contributed by atoms with van der Waals surface area (Å²) in [7, 11) is 0. The average molecular weight is 201 g/mol. The van der Waals surface area contributed by atoms with Gasteiger partial charge in [-0.15, -0.1) is 0 Å². The molecule has 3 nitrogen and oxygen atoms in total. The molecule has 3 heteroatoms. The summed E-state index contributed by atoms with van der Waals surface area (Å²) in [5.74, 6) is 1.08. The van der Waals surface area contributed by atoms with Crippen LogP contribution in [-0.2, 0) is 0 Å². The topological polar surface area (TPSA) is 27.6 Å². The smallest absolute Gasteiger partial charge is 0.194 e. The van der Waals surface area contributed by atoms with E-state index in [-0.39, 0.29) is 0 Å². The normalized spacial score (nSPS) is 28.6. The zero-order valence-corrected chi connectivity index (χ0v) is 8.85. The van der Waals surface area contributed by atoms with Gasteiger partial charge < -0.3 is 10.2 Å². The Morgan fingerprint density at radius 3 is 2.93 bits per heavy atom. The van der Waals surface area contributed by atoms with Crippen LogP contribution in [0.3, 0.4) is 0 Å². The highest BCUT2D eigenvalue weighted by atomic mass is 15.4. The summed E-state index contributed by atoms with van der Waals surface area (Å²) in [5.41, 5.74) is 1.38. The van der Waals surface area contributed by atoms with Crippen molar-refractivity contribution < 1.29 is 0 Å². The molecule has 15 heavy (non-hydrogen) atoms. The first kappa shape index (κ1) is 8.77. The number of hydrogen-bond donors (Lipinski definition) is 1. The van der Waals surface area contributed by atoms with E-state index in [4.69, 9.17) is 0 Å². The standard InChI is InChI=1S/C12H15N3/c1-9-11(10-5-3-2-4-6-10)15-8-7-13-12(15)14-9/h2-6,9,11H,7-8H2,1H3,(H,13,14). The van der Waals surface area contributed by atoms with Crippen molar-refractivity contribution in [3.05, 3.63) is 35.9 Å². The Labute approximate surface area is 89.8 Å². The van der Waals surface area contributed by atoms with Crippen LogP contribution < -0.4 is 5.32 Å². The van der Waals surface area contributed by atoms with Crippen molar-refractivity contribution in [3.8, 4) is 0 Å². The Morgan fingerprint density at radius 2 is 2.13 bits per heavy atom. The number of fused-ring (bicyclic) bond motifs is 1. The molecule has 78 valence electrons. The van der Waals surface area contributed by atoms with E-state index in [1.165, 1.54) is 5.56 Å². The lowest BCUT2D eigenvalue weighted by atomic mass is 10.0. The molecule has 1 saturated heterocycles. The van der Waals surface area contributed by atoms with E-state index in [9.17, 15) is 0 Å². The minimum Gasteiger partial charge on any atom is -0.351 e. The highest BCUT2D eigenvalue weighted by molar-refractivity contribution is 5.84. The molecule has 1 aromatic carbocycles. The van der Waals surface area contributed by atoms with E-state index in [1.54, 1.807) is 0 Å². The predicted octanol–water partition coefficient (Wildman–Crippen LogP) is 1.39. The molecule has 0 aliphatic carbocycles. The first-order valence-corrected chi connectivity index (χ1v) is 5.49. The van der Waals surface area contributed by atoms with Crippen molar-refractivity contribution in [1.29, 1.82) is 0 Å². The van der Waals surface area contributed by atoms with E-state index in [1.807, 2.05) is 0 Å². The van der Waals surface area contributed by atoms with Gasteiger partial charge >= 0.3 is 0 Å². The lowest BCUT2D eigenvalue weighted by molar-refractivity contribution is 0.344. The molecule has 1 N–H and O–H groups in total. The molecular weight excluding hydrogens is 186 g/mol. The van der Waals surface area contributed by atoms with Crippen molar-refractivity contribution in [3.63, 3.8) is 0 Å². The van der Waals surface area contributed by atoms with Crippen LogP contribution in [0.4, 0.5) is 0 Å². The van der Waals surface area contributed by atoms with E-state index < -0.39 is 0 Å². The maximum absolute atomic E-state index is 4.46. The summed E-state index contributed by atoms with van der Waals surface area (Å²) in [4.78, 5) is 6.83. The third kappa shape index (κ3) is 1.30. The second-order valence-electron chi connectivity index (χ2n) is 4.19. The third-order valence-corrected chi connectivity index (χ3v) is 3.18. The summed E-state index contributed by atoms with van der Waals surface area (Å²) in [6.45, 7) is 4.20. The summed E-state index contributed by atoms with van der Waals surface area (Å²) in [6.07, 6.45) is 0. The van der Waals surface area contributed by atoms with Crippen LogP contribution in [0.2, 0.25) is 0 Å². The van der Waals surface area contributed by atoms with Crippen molar-refractivity contribution in [2.75, 3.05) is 13.1 Å². The van der Waals surface area contributed by atoms with Gasteiger partial charge in [0.05, 0.1) is 18.6 Å². The van der Waals surface area contributed by atoms with Crippen LogP contribution in [0.25, 0.3) is 0 Å². The molecule has 1 fully saturated rings. The molecular formula is C12H15N3. The second-order valence-corrected chi connectivity index (χ2v) is 4.19. The molecule has 3 rings (SSSR count). The highest BCUT2D eigenvalue weighted by Crippen LogP contribution is 2.30. The van der Waals surface area contributed by atoms with E-state index in [0.29, 0.717) is 12.1 Å². The zero-order chi connectivity index (χ0) is 10.3. The van der Waals surface area contributed by atoms with Crippen LogP contribution in [0.15, 0.2) is 35.3 Å². The molecule has 2 unspecified atom stereocenters. The molecule has 0 spiro atoms. The molecule has 1 aromatic rings. The number of nitrogens with one attached hydrogen (secondary N) is 1. The number of benzene rings is 1. The largest absolute Gasteiger partial charge is 0.351 e. The lowest BCUT2D eigenvalue weighted by Crippen LogP contribution is -2.27. The maximum Gasteiger partial charge on any atom is 0.194 e. The van der Waals surface area contributed by atoms with E-state index >= 15 is 0 Å². The molecule has 2 aliphatic heterocycles. The summed E-state index contributed by atoms with van der Waals surface area (Å²) in [5, 5.41) is 3.44. The quantitative estimate of drug-likeness (QED) is 0.743. The van der Waals surface area contributed by atoms with Crippen LogP contribution in [0.5, 0.6) is 0 Å². The predicted molar refractivity (Wildman–Crippen MR) is 60.8 cm³/mol. The van der Waals surface area contributed by atoms with Crippen molar-refractivity contribution in [2.45, 2.75) is 19.0 Å². The van der Waals surface area contributed by atoms with Crippen LogP contribution in [0, 0.1) is 0 Å². The van der Waals surface area contributed by atoms with Gasteiger partial charge in [0.2, 0.25) is 0 Å².